The second-order valence-corrected chi connectivity index (χ2v) is 6.61. The molecule has 0 saturated carbocycles. The molecule has 126 valence electrons. The molecule has 1 atom stereocenters. The summed E-state index contributed by atoms with van der Waals surface area (Å²) in [6.07, 6.45) is 2.32. The summed E-state index contributed by atoms with van der Waals surface area (Å²) < 4.78 is 0. The van der Waals surface area contributed by atoms with Crippen molar-refractivity contribution < 1.29 is 9.59 Å². The SMILES string of the molecule is NC(=O)c1cc(-c2csc(NC(=O)[C@@H]3Cc4ccccc4N3)n2)c[nH]1. The van der Waals surface area contributed by atoms with E-state index in [4.69, 9.17) is 5.73 Å². The molecule has 1 aliphatic heterocycles. The minimum absolute atomic E-state index is 0.121. The molecular weight excluding hydrogens is 338 g/mol. The number of carbonyl (C=O) groups excluding carboxylic acids is 2. The molecule has 0 spiro atoms. The standard InChI is InChI=1S/C17H15N5O2S/c18-15(23)12-6-10(7-19-12)14-8-25-17(21-14)22-16(24)13-5-9-3-1-2-4-11(9)20-13/h1-4,6-8,13,19-20H,5H2,(H2,18,23)(H,21,22,24)/t13-/m0/s1. The van der Waals surface area contributed by atoms with Crippen molar-refractivity contribution >= 4 is 34.0 Å². The molecule has 3 aromatic rings. The predicted octanol–water partition coefficient (Wildman–Crippen LogP) is 2.21. The fourth-order valence-electron chi connectivity index (χ4n) is 2.80. The Morgan fingerprint density at radius 1 is 1.32 bits per heavy atom. The maximum atomic E-state index is 12.4. The lowest BCUT2D eigenvalue weighted by Gasteiger charge is -2.09. The third-order valence-corrected chi connectivity index (χ3v) is 4.82. The minimum Gasteiger partial charge on any atom is -0.373 e. The largest absolute Gasteiger partial charge is 0.373 e. The molecule has 0 fully saturated rings. The Hall–Kier alpha value is -3.13. The number of hydrogen-bond donors (Lipinski definition) is 4. The van der Waals surface area contributed by atoms with Gasteiger partial charge in [-0.25, -0.2) is 4.98 Å². The van der Waals surface area contributed by atoms with Crippen LogP contribution in [0.1, 0.15) is 16.1 Å². The van der Waals surface area contributed by atoms with E-state index in [-0.39, 0.29) is 11.9 Å². The fraction of sp³-hybridized carbons (Fsp3) is 0.118. The van der Waals surface area contributed by atoms with Gasteiger partial charge in [0.1, 0.15) is 11.7 Å². The third-order valence-electron chi connectivity index (χ3n) is 4.07. The van der Waals surface area contributed by atoms with E-state index in [0.29, 0.717) is 22.9 Å². The molecule has 5 N–H and O–H groups in total. The van der Waals surface area contributed by atoms with Gasteiger partial charge in [-0.15, -0.1) is 11.3 Å². The molecule has 0 aliphatic carbocycles. The first-order valence-corrected chi connectivity index (χ1v) is 8.57. The zero-order valence-electron chi connectivity index (χ0n) is 13.1. The van der Waals surface area contributed by atoms with Gasteiger partial charge in [-0.05, 0) is 17.7 Å². The van der Waals surface area contributed by atoms with E-state index < -0.39 is 5.91 Å². The Labute approximate surface area is 147 Å². The molecule has 2 amide bonds. The number of nitrogens with two attached hydrogens (primary N) is 1. The first kappa shape index (κ1) is 15.4. The molecule has 0 bridgehead atoms. The average Bonchev–Trinajstić information content (AvgIpc) is 3.32. The number of nitrogens with zero attached hydrogens (tertiary/aromatic N) is 1. The summed E-state index contributed by atoms with van der Waals surface area (Å²) in [7, 11) is 0. The first-order chi connectivity index (χ1) is 12.1. The predicted molar refractivity (Wildman–Crippen MR) is 96.6 cm³/mol. The van der Waals surface area contributed by atoms with Gasteiger partial charge in [-0.2, -0.15) is 0 Å². The lowest BCUT2D eigenvalue weighted by molar-refractivity contribution is -0.116. The van der Waals surface area contributed by atoms with Crippen LogP contribution in [0.3, 0.4) is 0 Å². The van der Waals surface area contributed by atoms with Crippen molar-refractivity contribution in [3.8, 4) is 11.3 Å². The van der Waals surface area contributed by atoms with Gasteiger partial charge in [0.15, 0.2) is 5.13 Å². The third kappa shape index (κ3) is 2.99. The van der Waals surface area contributed by atoms with E-state index in [1.54, 1.807) is 12.3 Å². The zero-order valence-corrected chi connectivity index (χ0v) is 13.9. The average molecular weight is 353 g/mol. The summed E-state index contributed by atoms with van der Waals surface area (Å²) in [5.74, 6) is -0.647. The number of para-hydroxylation sites is 1. The summed E-state index contributed by atoms with van der Waals surface area (Å²) in [5.41, 5.74) is 9.10. The van der Waals surface area contributed by atoms with Crippen LogP contribution < -0.4 is 16.4 Å². The quantitative estimate of drug-likeness (QED) is 0.576. The van der Waals surface area contributed by atoms with Crippen molar-refractivity contribution in [2.45, 2.75) is 12.5 Å². The molecule has 4 rings (SSSR count). The van der Waals surface area contributed by atoms with Crippen LogP contribution in [0.5, 0.6) is 0 Å². The van der Waals surface area contributed by atoms with Crippen LogP contribution in [0.15, 0.2) is 41.9 Å². The highest BCUT2D eigenvalue weighted by Crippen LogP contribution is 2.28. The second-order valence-electron chi connectivity index (χ2n) is 5.75. The number of H-pyrrole nitrogens is 1. The van der Waals surface area contributed by atoms with Crippen molar-refractivity contribution in [2.24, 2.45) is 5.73 Å². The zero-order chi connectivity index (χ0) is 17.4. The molecule has 0 radical (unpaired) electrons. The topological polar surface area (TPSA) is 113 Å². The van der Waals surface area contributed by atoms with E-state index in [9.17, 15) is 9.59 Å². The number of fused-ring (bicyclic) bond motifs is 1. The van der Waals surface area contributed by atoms with Gasteiger partial charge in [0.2, 0.25) is 5.91 Å². The van der Waals surface area contributed by atoms with Crippen molar-refractivity contribution in [3.05, 3.63) is 53.2 Å². The Balaban J connectivity index is 1.44. The number of amides is 2. The van der Waals surface area contributed by atoms with E-state index in [2.05, 4.69) is 20.6 Å². The highest BCUT2D eigenvalue weighted by Gasteiger charge is 2.26. The number of hydrogen-bond acceptors (Lipinski definition) is 5. The van der Waals surface area contributed by atoms with Gasteiger partial charge in [-0.3, -0.25) is 9.59 Å². The number of rotatable bonds is 4. The number of primary amides is 1. The number of benzene rings is 1. The highest BCUT2D eigenvalue weighted by atomic mass is 32.1. The summed E-state index contributed by atoms with van der Waals surface area (Å²) in [5, 5.41) is 8.39. The van der Waals surface area contributed by atoms with Gasteiger partial charge >= 0.3 is 0 Å². The molecule has 1 aliphatic rings. The highest BCUT2D eigenvalue weighted by molar-refractivity contribution is 7.14. The number of carbonyl (C=O) groups is 2. The monoisotopic (exact) mass is 353 g/mol. The van der Waals surface area contributed by atoms with Gasteiger partial charge < -0.3 is 21.4 Å². The minimum atomic E-state index is -0.526. The number of thiazole rings is 1. The molecule has 0 unspecified atom stereocenters. The number of aromatic amines is 1. The number of aromatic nitrogens is 2. The molecule has 1 aromatic carbocycles. The number of anilines is 2. The molecule has 2 aromatic heterocycles. The Kier molecular flexibility index (Phi) is 3.73. The van der Waals surface area contributed by atoms with Crippen molar-refractivity contribution in [2.75, 3.05) is 10.6 Å². The summed E-state index contributed by atoms with van der Waals surface area (Å²) in [6.45, 7) is 0. The van der Waals surface area contributed by atoms with Crippen LogP contribution in [0.4, 0.5) is 10.8 Å². The smallest absolute Gasteiger partial charge is 0.265 e. The van der Waals surface area contributed by atoms with Crippen molar-refractivity contribution in [1.82, 2.24) is 9.97 Å². The van der Waals surface area contributed by atoms with Gasteiger partial charge in [0.25, 0.3) is 5.91 Å². The maximum absolute atomic E-state index is 12.4. The van der Waals surface area contributed by atoms with Crippen LogP contribution in [0, 0.1) is 0 Å². The molecule has 25 heavy (non-hydrogen) atoms. The fourth-order valence-corrected chi connectivity index (χ4v) is 3.52. The number of nitrogens with one attached hydrogen (secondary N) is 3. The Morgan fingerprint density at radius 3 is 2.92 bits per heavy atom. The maximum Gasteiger partial charge on any atom is 0.265 e. The lowest BCUT2D eigenvalue weighted by atomic mass is 10.1. The van der Waals surface area contributed by atoms with Crippen molar-refractivity contribution in [3.63, 3.8) is 0 Å². The molecule has 3 heterocycles. The summed E-state index contributed by atoms with van der Waals surface area (Å²) in [6, 6.07) is 9.21. The van der Waals surface area contributed by atoms with Gasteiger partial charge in [0, 0.05) is 29.2 Å². The summed E-state index contributed by atoms with van der Waals surface area (Å²) >= 11 is 1.33. The van der Waals surface area contributed by atoms with Gasteiger partial charge in [-0.1, -0.05) is 18.2 Å². The summed E-state index contributed by atoms with van der Waals surface area (Å²) in [4.78, 5) is 30.8. The van der Waals surface area contributed by atoms with E-state index in [1.807, 2.05) is 29.6 Å². The van der Waals surface area contributed by atoms with Crippen LogP contribution in [-0.4, -0.2) is 27.8 Å². The Morgan fingerprint density at radius 2 is 2.16 bits per heavy atom. The van der Waals surface area contributed by atoms with Crippen LogP contribution in [0.2, 0.25) is 0 Å². The van der Waals surface area contributed by atoms with Crippen LogP contribution in [0.25, 0.3) is 11.3 Å². The second kappa shape index (κ2) is 6.06. The van der Waals surface area contributed by atoms with Crippen LogP contribution in [-0.2, 0) is 11.2 Å². The van der Waals surface area contributed by atoms with Crippen LogP contribution >= 0.6 is 11.3 Å². The Bertz CT molecular complexity index is 936. The van der Waals surface area contributed by atoms with Crippen molar-refractivity contribution in [1.29, 1.82) is 0 Å². The molecule has 8 heteroatoms. The molecule has 7 nitrogen and oxygen atoms in total. The first-order valence-electron chi connectivity index (χ1n) is 7.69. The lowest BCUT2D eigenvalue weighted by Crippen LogP contribution is -2.32. The molecular formula is C17H15N5O2S. The van der Waals surface area contributed by atoms with E-state index in [0.717, 1.165) is 16.8 Å². The van der Waals surface area contributed by atoms with Gasteiger partial charge in [0.05, 0.1) is 5.69 Å². The molecule has 0 saturated heterocycles. The van der Waals surface area contributed by atoms with E-state index >= 15 is 0 Å². The van der Waals surface area contributed by atoms with E-state index in [1.165, 1.54) is 11.3 Å². The normalized spacial score (nSPS) is 15.4.